The molecule has 2 rings (SSSR count). The van der Waals surface area contributed by atoms with Crippen LogP contribution in [0.1, 0.15) is 30.0 Å². The van der Waals surface area contributed by atoms with Crippen molar-refractivity contribution in [2.75, 3.05) is 6.54 Å². The highest BCUT2D eigenvalue weighted by Crippen LogP contribution is 2.32. The summed E-state index contributed by atoms with van der Waals surface area (Å²) in [7, 11) is 0. The normalized spacial score (nSPS) is 23.5. The Morgan fingerprint density at radius 1 is 1.32 bits per heavy atom. The predicted octanol–water partition coefficient (Wildman–Crippen LogP) is 2.83. The topological polar surface area (TPSA) is 49.3 Å². The fourth-order valence-electron chi connectivity index (χ4n) is 2.37. The van der Waals surface area contributed by atoms with Gasteiger partial charge >= 0.3 is 12.1 Å². The van der Waals surface area contributed by atoms with Crippen LogP contribution in [0.4, 0.5) is 13.2 Å². The van der Waals surface area contributed by atoms with Crippen molar-refractivity contribution >= 4 is 5.97 Å². The maximum atomic E-state index is 12.4. The third-order valence-electron chi connectivity index (χ3n) is 3.33. The van der Waals surface area contributed by atoms with Crippen LogP contribution < -0.4 is 5.32 Å². The van der Waals surface area contributed by atoms with Gasteiger partial charge in [0, 0.05) is 12.5 Å². The lowest BCUT2D eigenvalue weighted by molar-refractivity contribution is -0.138. The van der Waals surface area contributed by atoms with Crippen molar-refractivity contribution in [1.29, 1.82) is 0 Å². The Balaban J connectivity index is 2.02. The van der Waals surface area contributed by atoms with Gasteiger partial charge in [-0.15, -0.1) is 0 Å². The standard InChI is InChI=1S/C13H14F3NO2/c14-13(15,16)10-3-1-9(2-4-10)11-5-8(7-17-11)6-12(18)19/h1-4,8,11,17H,5-7H2,(H,18,19). The smallest absolute Gasteiger partial charge is 0.416 e. The van der Waals surface area contributed by atoms with Crippen LogP contribution in [-0.4, -0.2) is 17.6 Å². The maximum Gasteiger partial charge on any atom is 0.416 e. The van der Waals surface area contributed by atoms with Gasteiger partial charge in [0.1, 0.15) is 0 Å². The third-order valence-corrected chi connectivity index (χ3v) is 3.33. The first-order chi connectivity index (χ1) is 8.86. The van der Waals surface area contributed by atoms with Gasteiger partial charge in [-0.05, 0) is 36.6 Å². The van der Waals surface area contributed by atoms with Crippen molar-refractivity contribution in [3.63, 3.8) is 0 Å². The van der Waals surface area contributed by atoms with Crippen LogP contribution in [0.15, 0.2) is 24.3 Å². The minimum atomic E-state index is -4.33. The van der Waals surface area contributed by atoms with Gasteiger partial charge in [-0.3, -0.25) is 4.79 Å². The van der Waals surface area contributed by atoms with Crippen LogP contribution in [0.3, 0.4) is 0 Å². The fraction of sp³-hybridized carbons (Fsp3) is 0.462. The second-order valence-electron chi connectivity index (χ2n) is 4.78. The van der Waals surface area contributed by atoms with E-state index in [-0.39, 0.29) is 18.4 Å². The van der Waals surface area contributed by atoms with E-state index in [4.69, 9.17) is 5.11 Å². The number of carbonyl (C=O) groups is 1. The van der Waals surface area contributed by atoms with Crippen LogP contribution >= 0.6 is 0 Å². The summed E-state index contributed by atoms with van der Waals surface area (Å²) >= 11 is 0. The summed E-state index contributed by atoms with van der Waals surface area (Å²) in [6, 6.07) is 4.95. The molecular weight excluding hydrogens is 259 g/mol. The number of carboxylic acids is 1. The average Bonchev–Trinajstić information content (AvgIpc) is 2.75. The quantitative estimate of drug-likeness (QED) is 0.890. The Labute approximate surface area is 108 Å². The Bertz CT molecular complexity index is 456. The largest absolute Gasteiger partial charge is 0.481 e. The van der Waals surface area contributed by atoms with Gasteiger partial charge in [0.05, 0.1) is 5.56 Å². The first-order valence-electron chi connectivity index (χ1n) is 5.98. The predicted molar refractivity (Wildman–Crippen MR) is 62.5 cm³/mol. The molecule has 0 bridgehead atoms. The van der Waals surface area contributed by atoms with E-state index in [9.17, 15) is 18.0 Å². The Hall–Kier alpha value is -1.56. The summed E-state index contributed by atoms with van der Waals surface area (Å²) < 4.78 is 37.3. The molecule has 104 valence electrons. The lowest BCUT2D eigenvalue weighted by Crippen LogP contribution is -2.15. The molecule has 2 unspecified atom stereocenters. The van der Waals surface area contributed by atoms with Crippen LogP contribution in [0, 0.1) is 5.92 Å². The molecule has 2 N–H and O–H groups in total. The Morgan fingerprint density at radius 2 is 1.95 bits per heavy atom. The van der Waals surface area contributed by atoms with Crippen LogP contribution in [0.25, 0.3) is 0 Å². The number of alkyl halides is 3. The molecule has 0 amide bonds. The van der Waals surface area contributed by atoms with Gasteiger partial charge < -0.3 is 10.4 Å². The summed E-state index contributed by atoms with van der Waals surface area (Å²) in [6.45, 7) is 0.581. The van der Waals surface area contributed by atoms with Crippen LogP contribution in [0.5, 0.6) is 0 Å². The van der Waals surface area contributed by atoms with Crippen molar-refractivity contribution in [1.82, 2.24) is 5.32 Å². The number of hydrogen-bond donors (Lipinski definition) is 2. The molecule has 1 heterocycles. The van der Waals surface area contributed by atoms with Gasteiger partial charge in [-0.2, -0.15) is 13.2 Å². The van der Waals surface area contributed by atoms with Gasteiger partial charge in [0.15, 0.2) is 0 Å². The van der Waals surface area contributed by atoms with Gasteiger partial charge in [-0.25, -0.2) is 0 Å². The van der Waals surface area contributed by atoms with E-state index in [1.54, 1.807) is 0 Å². The van der Waals surface area contributed by atoms with Crippen molar-refractivity contribution in [2.24, 2.45) is 5.92 Å². The monoisotopic (exact) mass is 273 g/mol. The van der Waals surface area contributed by atoms with Crippen LogP contribution in [0.2, 0.25) is 0 Å². The number of halogens is 3. The molecule has 1 fully saturated rings. The average molecular weight is 273 g/mol. The van der Waals surface area contributed by atoms with Gasteiger partial charge in [0.2, 0.25) is 0 Å². The summed E-state index contributed by atoms with van der Waals surface area (Å²) in [5.74, 6) is -0.815. The number of aliphatic carboxylic acids is 1. The van der Waals surface area contributed by atoms with E-state index in [2.05, 4.69) is 5.32 Å². The summed E-state index contributed by atoms with van der Waals surface area (Å²) in [5.41, 5.74) is 0.0946. The number of hydrogen-bond acceptors (Lipinski definition) is 2. The Morgan fingerprint density at radius 3 is 2.47 bits per heavy atom. The number of benzene rings is 1. The molecule has 19 heavy (non-hydrogen) atoms. The number of carboxylic acid groups (broad SMARTS) is 1. The molecule has 1 aromatic rings. The van der Waals surface area contributed by atoms with E-state index in [1.807, 2.05) is 0 Å². The minimum absolute atomic E-state index is 0.0322. The molecule has 1 saturated heterocycles. The first-order valence-corrected chi connectivity index (χ1v) is 5.98. The Kier molecular flexibility index (Phi) is 3.80. The molecule has 0 radical (unpaired) electrons. The second kappa shape index (κ2) is 5.21. The molecule has 2 atom stereocenters. The lowest BCUT2D eigenvalue weighted by atomic mass is 9.97. The van der Waals surface area contributed by atoms with E-state index in [0.717, 1.165) is 17.7 Å². The van der Waals surface area contributed by atoms with Crippen molar-refractivity contribution < 1.29 is 23.1 Å². The minimum Gasteiger partial charge on any atom is -0.481 e. The maximum absolute atomic E-state index is 12.4. The summed E-state index contributed by atoms with van der Waals surface area (Å²) in [5, 5.41) is 11.8. The summed E-state index contributed by atoms with van der Waals surface area (Å²) in [4.78, 5) is 10.6. The van der Waals surface area contributed by atoms with E-state index >= 15 is 0 Å². The molecular formula is C13H14F3NO2. The number of nitrogens with one attached hydrogen (secondary N) is 1. The zero-order chi connectivity index (χ0) is 14.0. The molecule has 1 aliphatic heterocycles. The van der Waals surface area contributed by atoms with Gasteiger partial charge in [0.25, 0.3) is 0 Å². The SMILES string of the molecule is O=C(O)CC1CNC(c2ccc(C(F)(F)F)cc2)C1. The molecule has 1 aliphatic rings. The molecule has 0 saturated carbocycles. The fourth-order valence-corrected chi connectivity index (χ4v) is 2.37. The molecule has 3 nitrogen and oxygen atoms in total. The van der Waals surface area contributed by atoms with E-state index in [0.29, 0.717) is 13.0 Å². The van der Waals surface area contributed by atoms with Crippen LogP contribution in [-0.2, 0) is 11.0 Å². The highest BCUT2D eigenvalue weighted by Gasteiger charge is 2.31. The van der Waals surface area contributed by atoms with Crippen molar-refractivity contribution in [2.45, 2.75) is 25.1 Å². The van der Waals surface area contributed by atoms with Crippen molar-refractivity contribution in [3.05, 3.63) is 35.4 Å². The van der Waals surface area contributed by atoms with Gasteiger partial charge in [-0.1, -0.05) is 12.1 Å². The van der Waals surface area contributed by atoms with E-state index < -0.39 is 17.7 Å². The first kappa shape index (κ1) is 13.9. The zero-order valence-electron chi connectivity index (χ0n) is 10.1. The highest BCUT2D eigenvalue weighted by molar-refractivity contribution is 5.67. The lowest BCUT2D eigenvalue weighted by Gasteiger charge is -2.12. The number of rotatable bonds is 3. The van der Waals surface area contributed by atoms with E-state index in [1.165, 1.54) is 12.1 Å². The molecule has 0 spiro atoms. The highest BCUT2D eigenvalue weighted by atomic mass is 19.4. The molecule has 0 aliphatic carbocycles. The van der Waals surface area contributed by atoms with Crippen molar-refractivity contribution in [3.8, 4) is 0 Å². The molecule has 1 aromatic carbocycles. The molecule has 6 heteroatoms. The second-order valence-corrected chi connectivity index (χ2v) is 4.78. The zero-order valence-corrected chi connectivity index (χ0v) is 10.1. The summed E-state index contributed by atoms with van der Waals surface area (Å²) in [6.07, 6.45) is -3.60. The third kappa shape index (κ3) is 3.47. The molecule has 0 aromatic heterocycles.